The Morgan fingerprint density at radius 3 is 2.44 bits per heavy atom. The maximum atomic E-state index is 11.5. The first-order valence-corrected chi connectivity index (χ1v) is 7.66. The van der Waals surface area contributed by atoms with Crippen molar-refractivity contribution >= 4 is 37.2 Å². The molecule has 1 aliphatic carbocycles. The maximum Gasteiger partial charge on any atom is 0.408 e. The quantitative estimate of drug-likeness (QED) is 0.592. The molecular formula is C10H17IN2O3. The average molecular weight is 340 g/mol. The molecule has 1 aliphatic rings. The van der Waals surface area contributed by atoms with Crippen molar-refractivity contribution in [3.8, 4) is 0 Å². The number of nitrogens with two attached hydrogens (primary N) is 1. The Morgan fingerprint density at radius 2 is 2.12 bits per heavy atom. The van der Waals surface area contributed by atoms with E-state index in [0.717, 1.165) is 0 Å². The number of hydrogen-bond donors (Lipinski definition) is 2. The van der Waals surface area contributed by atoms with Crippen molar-refractivity contribution in [2.45, 2.75) is 42.3 Å². The number of hydrogen-bond acceptors (Lipinski definition) is 3. The fraction of sp³-hybridized carbons (Fsp3) is 0.700. The molecule has 2 amide bonds. The Hall–Kier alpha value is -0.660. The average Bonchev–Trinajstić information content (AvgIpc) is 2.76. The van der Waals surface area contributed by atoms with E-state index >= 15 is 0 Å². The lowest BCUT2D eigenvalue weighted by Gasteiger charge is -2.22. The predicted molar refractivity (Wildman–Crippen MR) is 70.8 cm³/mol. The fourth-order valence-electron chi connectivity index (χ4n) is 1.34. The zero-order valence-electron chi connectivity index (χ0n) is 9.67. The molecule has 0 spiro atoms. The van der Waals surface area contributed by atoms with Gasteiger partial charge in [0, 0.05) is 3.92 Å². The Labute approximate surface area is 105 Å². The molecule has 0 unspecified atom stereocenters. The second-order valence-electron chi connectivity index (χ2n) is 4.79. The molecule has 6 heteroatoms. The summed E-state index contributed by atoms with van der Waals surface area (Å²) in [5.74, 6) is -0.494. The summed E-state index contributed by atoms with van der Waals surface area (Å²) in [6.07, 6.45) is 0.00416. The minimum absolute atomic E-state index is 0.135. The van der Waals surface area contributed by atoms with Crippen molar-refractivity contribution in [1.82, 2.24) is 5.32 Å². The number of carbonyl (C=O) groups excluding carboxylic acids is 2. The van der Waals surface area contributed by atoms with Crippen LogP contribution in [-0.2, 0) is 9.53 Å². The van der Waals surface area contributed by atoms with Gasteiger partial charge in [-0.05, 0) is 27.2 Å². The van der Waals surface area contributed by atoms with E-state index in [0.29, 0.717) is 6.42 Å². The normalized spacial score (nSPS) is 28.3. The highest BCUT2D eigenvalue weighted by atomic mass is 127. The van der Waals surface area contributed by atoms with E-state index in [1.807, 2.05) is 0 Å². The predicted octanol–water partition coefficient (Wildman–Crippen LogP) is 0.910. The third kappa shape index (κ3) is 2.93. The summed E-state index contributed by atoms with van der Waals surface area (Å²) in [7, 11) is 0. The lowest BCUT2D eigenvalue weighted by molar-refractivity contribution is -0.120. The molecule has 0 aromatic heterocycles. The molecule has 0 aromatic carbocycles. The Morgan fingerprint density at radius 1 is 1.56 bits per heavy atom. The number of amides is 2. The molecule has 0 heterocycles. The van der Waals surface area contributed by atoms with Gasteiger partial charge in [0.1, 0.15) is 11.1 Å². The second-order valence-corrected chi connectivity index (χ2v) is 7.17. The number of ether oxygens (including phenoxy) is 1. The zero-order chi connectivity index (χ0) is 12.6. The van der Waals surface area contributed by atoms with Crippen LogP contribution in [0, 0.1) is 0 Å². The number of rotatable bonds is 3. The molecule has 16 heavy (non-hydrogen) atoms. The summed E-state index contributed by atoms with van der Waals surface area (Å²) in [4.78, 5) is 22.8. The summed E-state index contributed by atoms with van der Waals surface area (Å²) in [6.45, 7) is 5.30. The van der Waals surface area contributed by atoms with Crippen LogP contribution in [0.25, 0.3) is 0 Å². The summed E-state index contributed by atoms with van der Waals surface area (Å²) < 4.78 is 9.04. The highest BCUT2D eigenvalue weighted by Crippen LogP contribution is 2.45. The van der Waals surface area contributed by atoms with Crippen molar-refractivity contribution in [3.63, 3.8) is 0 Å². The van der Waals surface area contributed by atoms with Crippen LogP contribution >= 0.6 is 20.7 Å². The van der Waals surface area contributed by atoms with Crippen LogP contribution in [0.5, 0.6) is 0 Å². The summed E-state index contributed by atoms with van der Waals surface area (Å²) in [6, 6.07) is 0. The number of primary amides is 1. The van der Waals surface area contributed by atoms with Crippen molar-refractivity contribution in [1.29, 1.82) is 0 Å². The smallest absolute Gasteiger partial charge is 0.408 e. The summed E-state index contributed by atoms with van der Waals surface area (Å²) >= 11 is -0.351. The van der Waals surface area contributed by atoms with Gasteiger partial charge in [-0.15, -0.1) is 20.7 Å². The van der Waals surface area contributed by atoms with Gasteiger partial charge < -0.3 is 15.8 Å². The number of nitrogens with one attached hydrogen (secondary N) is 1. The molecule has 2 atom stereocenters. The molecule has 0 radical (unpaired) electrons. The van der Waals surface area contributed by atoms with Gasteiger partial charge in [-0.2, -0.15) is 0 Å². The van der Waals surface area contributed by atoms with E-state index < -0.39 is 23.1 Å². The first kappa shape index (κ1) is 13.4. The molecule has 1 fully saturated rings. The van der Waals surface area contributed by atoms with Gasteiger partial charge in [-0.1, -0.05) is 4.51 Å². The standard InChI is InChI=1S/C10H17IN2O3/c1-9(2,3)16-8(15)13-10(7(12)14)5-6(10)11-4/h6H,4-5H2,1-3H3,(H2,12,14)(H,13,15)/t6-,10-/m1/s1. The van der Waals surface area contributed by atoms with Gasteiger partial charge in [0.25, 0.3) is 0 Å². The number of carbonyl (C=O) groups is 2. The molecule has 1 saturated carbocycles. The summed E-state index contributed by atoms with van der Waals surface area (Å²) in [5, 5.41) is 2.58. The SMILES string of the molecule is C=I[C@@H]1C[C@]1(NC(=O)OC(C)(C)C)C(N)=O. The highest BCUT2D eigenvalue weighted by Gasteiger charge is 2.60. The van der Waals surface area contributed by atoms with Crippen molar-refractivity contribution in [2.75, 3.05) is 0 Å². The largest absolute Gasteiger partial charge is 0.444 e. The highest BCUT2D eigenvalue weighted by molar-refractivity contribution is 14.2. The third-order valence-electron chi connectivity index (χ3n) is 2.23. The molecule has 3 N–H and O–H groups in total. The minimum atomic E-state index is -0.892. The zero-order valence-corrected chi connectivity index (χ0v) is 11.8. The van der Waals surface area contributed by atoms with Crippen LogP contribution < -0.4 is 11.1 Å². The van der Waals surface area contributed by atoms with Crippen LogP contribution in [0.2, 0.25) is 0 Å². The number of alkyl halides is 1. The Bertz CT molecular complexity index is 337. The molecule has 5 nitrogen and oxygen atoms in total. The Kier molecular flexibility index (Phi) is 3.61. The second kappa shape index (κ2) is 4.31. The van der Waals surface area contributed by atoms with Crippen LogP contribution in [0.15, 0.2) is 0 Å². The van der Waals surface area contributed by atoms with Crippen molar-refractivity contribution in [2.24, 2.45) is 5.73 Å². The van der Waals surface area contributed by atoms with Gasteiger partial charge in [0.2, 0.25) is 5.91 Å². The lowest BCUT2D eigenvalue weighted by atomic mass is 10.2. The molecular weight excluding hydrogens is 323 g/mol. The van der Waals surface area contributed by atoms with Crippen LogP contribution in [0.4, 0.5) is 4.79 Å². The first-order valence-electron chi connectivity index (χ1n) is 4.89. The monoisotopic (exact) mass is 340 g/mol. The van der Waals surface area contributed by atoms with Gasteiger partial charge >= 0.3 is 6.09 Å². The van der Waals surface area contributed by atoms with Crippen LogP contribution in [-0.4, -0.2) is 31.6 Å². The minimum Gasteiger partial charge on any atom is -0.444 e. The van der Waals surface area contributed by atoms with Crippen LogP contribution in [0.3, 0.4) is 0 Å². The topological polar surface area (TPSA) is 81.4 Å². The lowest BCUT2D eigenvalue weighted by Crippen LogP contribution is -2.50. The molecule has 1 rings (SSSR count). The number of alkyl carbamates (subject to hydrolysis) is 1. The van der Waals surface area contributed by atoms with Crippen molar-refractivity contribution in [3.05, 3.63) is 0 Å². The molecule has 0 aliphatic heterocycles. The molecule has 92 valence electrons. The molecule has 0 saturated heterocycles. The first-order chi connectivity index (χ1) is 7.21. The Balaban J connectivity index is 2.63. The van der Waals surface area contributed by atoms with Gasteiger partial charge in [0.15, 0.2) is 0 Å². The fourth-order valence-corrected chi connectivity index (χ4v) is 3.56. The van der Waals surface area contributed by atoms with E-state index in [1.165, 1.54) is 0 Å². The van der Waals surface area contributed by atoms with E-state index in [-0.39, 0.29) is 24.7 Å². The van der Waals surface area contributed by atoms with Crippen molar-refractivity contribution < 1.29 is 14.3 Å². The third-order valence-corrected chi connectivity index (χ3v) is 4.79. The van der Waals surface area contributed by atoms with Gasteiger partial charge in [-0.3, -0.25) is 4.79 Å². The van der Waals surface area contributed by atoms with E-state index in [4.69, 9.17) is 10.5 Å². The van der Waals surface area contributed by atoms with E-state index in [2.05, 4.69) is 9.83 Å². The van der Waals surface area contributed by atoms with E-state index in [1.54, 1.807) is 20.8 Å². The van der Waals surface area contributed by atoms with E-state index in [9.17, 15) is 9.59 Å². The molecule has 0 aromatic rings. The van der Waals surface area contributed by atoms with Gasteiger partial charge in [0.05, 0.1) is 0 Å². The summed E-state index contributed by atoms with van der Waals surface area (Å²) in [5.41, 5.74) is 3.82. The number of halogens is 1. The van der Waals surface area contributed by atoms with Crippen LogP contribution in [0.1, 0.15) is 27.2 Å². The van der Waals surface area contributed by atoms with Gasteiger partial charge in [-0.25, -0.2) is 4.79 Å². The molecule has 0 bridgehead atoms. The maximum absolute atomic E-state index is 11.5.